The van der Waals surface area contributed by atoms with Crippen LogP contribution in [-0.2, 0) is 16.1 Å². The molecular weight excluding hydrogens is 258 g/mol. The Kier molecular flexibility index (Phi) is 4.47. The van der Waals surface area contributed by atoms with E-state index >= 15 is 0 Å². The van der Waals surface area contributed by atoms with Crippen LogP contribution in [0.4, 0.5) is 0 Å². The lowest BCUT2D eigenvalue weighted by Crippen LogP contribution is -2.35. The van der Waals surface area contributed by atoms with Crippen LogP contribution >= 0.6 is 0 Å². The summed E-state index contributed by atoms with van der Waals surface area (Å²) in [6.07, 6.45) is 0. The normalized spacial score (nSPS) is 10.7. The molecule has 2 aromatic rings. The number of ether oxygens (including phenoxy) is 1. The third kappa shape index (κ3) is 3.03. The molecule has 0 unspecified atom stereocenters. The molecule has 1 aromatic carbocycles. The number of carbonyl (C=O) groups excluding carboxylic acids is 1. The lowest BCUT2D eigenvalue weighted by Gasteiger charge is -2.10. The van der Waals surface area contributed by atoms with E-state index in [0.717, 1.165) is 0 Å². The fourth-order valence-corrected chi connectivity index (χ4v) is 1.96. The molecule has 1 aromatic heterocycles. The number of rotatable bonds is 5. The predicted molar refractivity (Wildman–Crippen MR) is 75.6 cm³/mol. The van der Waals surface area contributed by atoms with Gasteiger partial charge in [-0.3, -0.25) is 14.2 Å². The highest BCUT2D eigenvalue weighted by Crippen LogP contribution is 2.07. The number of fused-ring (bicyclic) bond motifs is 1. The minimum absolute atomic E-state index is 0.0355. The molecule has 0 saturated heterocycles. The molecule has 0 aliphatic carbocycles. The first kappa shape index (κ1) is 14.2. The van der Waals surface area contributed by atoms with E-state index in [1.54, 1.807) is 32.2 Å². The highest BCUT2D eigenvalue weighted by Gasteiger charge is 2.10. The third-order valence-electron chi connectivity index (χ3n) is 2.98. The number of hydrogen-bond acceptors (Lipinski definition) is 4. The first-order valence-corrected chi connectivity index (χ1v) is 6.35. The van der Waals surface area contributed by atoms with Crippen molar-refractivity contribution in [2.24, 2.45) is 0 Å². The first-order chi connectivity index (χ1) is 9.63. The summed E-state index contributed by atoms with van der Waals surface area (Å²) in [5.74, 6) is 0.292. The van der Waals surface area contributed by atoms with Crippen molar-refractivity contribution in [3.05, 3.63) is 40.4 Å². The number of aryl methyl sites for hydroxylation is 1. The van der Waals surface area contributed by atoms with E-state index in [1.165, 1.54) is 4.57 Å². The maximum Gasteiger partial charge on any atom is 0.261 e. The van der Waals surface area contributed by atoms with Crippen molar-refractivity contribution < 1.29 is 9.53 Å². The van der Waals surface area contributed by atoms with Crippen LogP contribution in [0, 0.1) is 6.92 Å². The van der Waals surface area contributed by atoms with Crippen molar-refractivity contribution in [2.45, 2.75) is 13.5 Å². The van der Waals surface area contributed by atoms with Gasteiger partial charge in [0.25, 0.3) is 5.56 Å². The highest BCUT2D eigenvalue weighted by atomic mass is 16.5. The zero-order valence-electron chi connectivity index (χ0n) is 11.5. The maximum atomic E-state index is 12.3. The molecule has 0 saturated carbocycles. The van der Waals surface area contributed by atoms with Crippen LogP contribution in [0.3, 0.4) is 0 Å². The summed E-state index contributed by atoms with van der Waals surface area (Å²) in [5.41, 5.74) is 0.445. The molecule has 2 rings (SSSR count). The quantitative estimate of drug-likeness (QED) is 0.805. The van der Waals surface area contributed by atoms with Crippen molar-refractivity contribution in [1.29, 1.82) is 0 Å². The van der Waals surface area contributed by atoms with Gasteiger partial charge in [-0.2, -0.15) is 0 Å². The molecule has 0 radical (unpaired) electrons. The summed E-state index contributed by atoms with van der Waals surface area (Å²) in [4.78, 5) is 28.5. The summed E-state index contributed by atoms with van der Waals surface area (Å²) >= 11 is 0. The van der Waals surface area contributed by atoms with Gasteiger partial charge in [0.15, 0.2) is 0 Å². The van der Waals surface area contributed by atoms with Crippen LogP contribution in [-0.4, -0.2) is 35.7 Å². The second-order valence-electron chi connectivity index (χ2n) is 4.41. The lowest BCUT2D eigenvalue weighted by atomic mass is 10.2. The van der Waals surface area contributed by atoms with Crippen LogP contribution in [0.2, 0.25) is 0 Å². The largest absolute Gasteiger partial charge is 0.383 e. The first-order valence-electron chi connectivity index (χ1n) is 6.35. The van der Waals surface area contributed by atoms with Crippen molar-refractivity contribution >= 4 is 16.8 Å². The number of nitrogens with one attached hydrogen (secondary N) is 1. The van der Waals surface area contributed by atoms with E-state index in [9.17, 15) is 9.59 Å². The summed E-state index contributed by atoms with van der Waals surface area (Å²) in [6.45, 7) is 2.54. The van der Waals surface area contributed by atoms with Crippen LogP contribution in [0.1, 0.15) is 5.82 Å². The summed E-state index contributed by atoms with van der Waals surface area (Å²) in [5, 5.41) is 3.20. The van der Waals surface area contributed by atoms with Crippen LogP contribution in [0.25, 0.3) is 10.9 Å². The van der Waals surface area contributed by atoms with Gasteiger partial charge in [0.05, 0.1) is 17.5 Å². The number of amides is 1. The smallest absolute Gasteiger partial charge is 0.261 e. The van der Waals surface area contributed by atoms with Gasteiger partial charge < -0.3 is 10.1 Å². The van der Waals surface area contributed by atoms with Crippen LogP contribution < -0.4 is 10.9 Å². The Morgan fingerprint density at radius 3 is 2.90 bits per heavy atom. The zero-order chi connectivity index (χ0) is 14.5. The van der Waals surface area contributed by atoms with Gasteiger partial charge in [-0.25, -0.2) is 4.98 Å². The SMILES string of the molecule is COCCNC(=O)Cn1c(C)nc2ccccc2c1=O. The minimum atomic E-state index is -0.232. The van der Waals surface area contributed by atoms with E-state index in [0.29, 0.717) is 29.9 Å². The van der Waals surface area contributed by atoms with Crippen LogP contribution in [0.15, 0.2) is 29.1 Å². The second kappa shape index (κ2) is 6.29. The topological polar surface area (TPSA) is 73.2 Å². The van der Waals surface area contributed by atoms with Gasteiger partial charge in [0.2, 0.25) is 5.91 Å². The fourth-order valence-electron chi connectivity index (χ4n) is 1.96. The number of nitrogens with zero attached hydrogens (tertiary/aromatic N) is 2. The Morgan fingerprint density at radius 1 is 1.40 bits per heavy atom. The minimum Gasteiger partial charge on any atom is -0.383 e. The second-order valence-corrected chi connectivity index (χ2v) is 4.41. The molecular formula is C14H17N3O3. The van der Waals surface area contributed by atoms with Crippen molar-refractivity contribution in [1.82, 2.24) is 14.9 Å². The standard InChI is InChI=1S/C14H17N3O3/c1-10-16-12-6-4-3-5-11(12)14(19)17(10)9-13(18)15-7-8-20-2/h3-6H,7-9H2,1-2H3,(H,15,18). The summed E-state index contributed by atoms with van der Waals surface area (Å²) < 4.78 is 6.23. The molecule has 20 heavy (non-hydrogen) atoms. The number of carbonyl (C=O) groups is 1. The molecule has 0 spiro atoms. The Hall–Kier alpha value is -2.21. The van der Waals surface area contributed by atoms with E-state index in [2.05, 4.69) is 10.3 Å². The fraction of sp³-hybridized carbons (Fsp3) is 0.357. The molecule has 6 heteroatoms. The molecule has 6 nitrogen and oxygen atoms in total. The number of hydrogen-bond donors (Lipinski definition) is 1. The summed E-state index contributed by atoms with van der Waals surface area (Å²) in [6, 6.07) is 7.11. The van der Waals surface area contributed by atoms with Crippen molar-refractivity contribution in [2.75, 3.05) is 20.3 Å². The Labute approximate surface area is 116 Å². The molecule has 1 heterocycles. The predicted octanol–water partition coefficient (Wildman–Crippen LogP) is 0.468. The van der Waals surface area contributed by atoms with Gasteiger partial charge in [0.1, 0.15) is 12.4 Å². The summed E-state index contributed by atoms with van der Waals surface area (Å²) in [7, 11) is 1.56. The number of aromatic nitrogens is 2. The highest BCUT2D eigenvalue weighted by molar-refractivity contribution is 5.79. The number of para-hydroxylation sites is 1. The maximum absolute atomic E-state index is 12.3. The third-order valence-corrected chi connectivity index (χ3v) is 2.98. The van der Waals surface area contributed by atoms with E-state index in [1.807, 2.05) is 6.07 Å². The van der Waals surface area contributed by atoms with Gasteiger partial charge in [-0.1, -0.05) is 12.1 Å². The molecule has 1 N–H and O–H groups in total. The van der Waals surface area contributed by atoms with Gasteiger partial charge in [-0.05, 0) is 19.1 Å². The monoisotopic (exact) mass is 275 g/mol. The molecule has 1 amide bonds. The lowest BCUT2D eigenvalue weighted by molar-refractivity contribution is -0.121. The van der Waals surface area contributed by atoms with Gasteiger partial charge in [-0.15, -0.1) is 0 Å². The molecule has 0 aliphatic heterocycles. The number of methoxy groups -OCH3 is 1. The van der Waals surface area contributed by atoms with E-state index in [-0.39, 0.29) is 18.0 Å². The Balaban J connectivity index is 2.26. The molecule has 106 valence electrons. The Bertz CT molecular complexity index is 679. The van der Waals surface area contributed by atoms with Crippen molar-refractivity contribution in [3.8, 4) is 0 Å². The zero-order valence-corrected chi connectivity index (χ0v) is 11.5. The Morgan fingerprint density at radius 2 is 2.15 bits per heavy atom. The molecule has 0 atom stereocenters. The molecule has 0 bridgehead atoms. The van der Waals surface area contributed by atoms with Gasteiger partial charge in [0, 0.05) is 13.7 Å². The van der Waals surface area contributed by atoms with E-state index in [4.69, 9.17) is 4.74 Å². The van der Waals surface area contributed by atoms with Crippen molar-refractivity contribution in [3.63, 3.8) is 0 Å². The van der Waals surface area contributed by atoms with E-state index < -0.39 is 0 Å². The number of benzene rings is 1. The molecule has 0 fully saturated rings. The van der Waals surface area contributed by atoms with Gasteiger partial charge >= 0.3 is 0 Å². The van der Waals surface area contributed by atoms with Crippen LogP contribution in [0.5, 0.6) is 0 Å². The molecule has 0 aliphatic rings. The average Bonchev–Trinajstić information content (AvgIpc) is 2.44. The average molecular weight is 275 g/mol.